The average Bonchev–Trinajstić information content (AvgIpc) is 2.82. The van der Waals surface area contributed by atoms with Crippen molar-refractivity contribution in [1.82, 2.24) is 14.8 Å². The number of hydrogen-bond acceptors (Lipinski definition) is 3. The molecule has 4 nitrogen and oxygen atoms in total. The molecule has 2 heterocycles. The van der Waals surface area contributed by atoms with Gasteiger partial charge >= 0.3 is 0 Å². The molecule has 0 aliphatic heterocycles. The molecule has 0 radical (unpaired) electrons. The van der Waals surface area contributed by atoms with Gasteiger partial charge < -0.3 is 5.32 Å². The second-order valence-corrected chi connectivity index (χ2v) is 4.29. The van der Waals surface area contributed by atoms with Crippen LogP contribution in [0.1, 0.15) is 5.56 Å². The zero-order chi connectivity index (χ0) is 12.4. The lowest BCUT2D eigenvalue weighted by Gasteiger charge is -2.05. The van der Waals surface area contributed by atoms with E-state index < -0.39 is 0 Å². The van der Waals surface area contributed by atoms with Crippen molar-refractivity contribution in [3.05, 3.63) is 54.5 Å². The Hall–Kier alpha value is -2.36. The first-order valence-electron chi connectivity index (χ1n) is 5.87. The van der Waals surface area contributed by atoms with Crippen LogP contribution in [0.5, 0.6) is 0 Å². The standard InChI is InChI=1S/C14H14N4/c1-18-10-11(8-17-18)7-15-13-6-12-4-2-3-5-14(12)16-9-13/h2-6,8-10,15H,7H2,1H3. The molecule has 1 aromatic carbocycles. The van der Waals surface area contributed by atoms with E-state index in [9.17, 15) is 0 Å². The predicted octanol–water partition coefficient (Wildman–Crippen LogP) is 2.58. The predicted molar refractivity (Wildman–Crippen MR) is 72.3 cm³/mol. The van der Waals surface area contributed by atoms with Crippen molar-refractivity contribution in [2.75, 3.05) is 5.32 Å². The first-order valence-corrected chi connectivity index (χ1v) is 5.87. The van der Waals surface area contributed by atoms with E-state index in [1.54, 1.807) is 4.68 Å². The van der Waals surface area contributed by atoms with Crippen LogP contribution in [0.4, 0.5) is 5.69 Å². The summed E-state index contributed by atoms with van der Waals surface area (Å²) in [5.74, 6) is 0. The highest BCUT2D eigenvalue weighted by Gasteiger charge is 1.99. The minimum atomic E-state index is 0.758. The molecule has 18 heavy (non-hydrogen) atoms. The zero-order valence-electron chi connectivity index (χ0n) is 10.2. The molecule has 4 heteroatoms. The fourth-order valence-corrected chi connectivity index (χ4v) is 1.93. The third kappa shape index (κ3) is 2.18. The second kappa shape index (κ2) is 4.49. The van der Waals surface area contributed by atoms with Gasteiger partial charge in [-0.05, 0) is 12.1 Å². The molecule has 3 rings (SSSR count). The molecule has 0 fully saturated rings. The van der Waals surface area contributed by atoms with Gasteiger partial charge in [-0.1, -0.05) is 18.2 Å². The molecule has 0 saturated carbocycles. The van der Waals surface area contributed by atoms with Crippen LogP contribution in [-0.2, 0) is 13.6 Å². The fourth-order valence-electron chi connectivity index (χ4n) is 1.93. The van der Waals surface area contributed by atoms with Crippen molar-refractivity contribution in [3.8, 4) is 0 Å². The maximum Gasteiger partial charge on any atom is 0.0703 e. The van der Waals surface area contributed by atoms with Gasteiger partial charge in [-0.2, -0.15) is 5.10 Å². The Kier molecular flexibility index (Phi) is 2.68. The van der Waals surface area contributed by atoms with E-state index >= 15 is 0 Å². The van der Waals surface area contributed by atoms with Gasteiger partial charge in [-0.25, -0.2) is 0 Å². The van der Waals surface area contributed by atoms with Crippen molar-refractivity contribution in [1.29, 1.82) is 0 Å². The topological polar surface area (TPSA) is 42.7 Å². The number of para-hydroxylation sites is 1. The number of aromatic nitrogens is 3. The number of hydrogen-bond donors (Lipinski definition) is 1. The smallest absolute Gasteiger partial charge is 0.0703 e. The Balaban J connectivity index is 1.78. The lowest BCUT2D eigenvalue weighted by molar-refractivity contribution is 0.767. The molecule has 3 aromatic rings. The van der Waals surface area contributed by atoms with Gasteiger partial charge in [0.15, 0.2) is 0 Å². The third-order valence-corrected chi connectivity index (χ3v) is 2.85. The molecule has 0 saturated heterocycles. The molecule has 1 N–H and O–H groups in total. The normalized spacial score (nSPS) is 10.7. The number of fused-ring (bicyclic) bond motifs is 1. The summed E-state index contributed by atoms with van der Waals surface area (Å²) in [4.78, 5) is 4.42. The van der Waals surface area contributed by atoms with Gasteiger partial charge in [0.2, 0.25) is 0 Å². The molecule has 0 aliphatic rings. The first-order chi connectivity index (χ1) is 8.81. The van der Waals surface area contributed by atoms with Crippen molar-refractivity contribution in [2.45, 2.75) is 6.54 Å². The Labute approximate surface area is 105 Å². The van der Waals surface area contributed by atoms with Crippen LogP contribution in [0.15, 0.2) is 48.9 Å². The van der Waals surface area contributed by atoms with Crippen LogP contribution in [0.2, 0.25) is 0 Å². The number of anilines is 1. The third-order valence-electron chi connectivity index (χ3n) is 2.85. The molecular weight excluding hydrogens is 224 g/mol. The number of benzene rings is 1. The molecule has 2 aromatic heterocycles. The van der Waals surface area contributed by atoms with E-state index in [2.05, 4.69) is 27.5 Å². The highest BCUT2D eigenvalue weighted by Crippen LogP contribution is 2.16. The van der Waals surface area contributed by atoms with Crippen molar-refractivity contribution < 1.29 is 0 Å². The summed E-state index contributed by atoms with van der Waals surface area (Å²) < 4.78 is 1.80. The van der Waals surface area contributed by atoms with Crippen LogP contribution in [-0.4, -0.2) is 14.8 Å². The van der Waals surface area contributed by atoms with Crippen LogP contribution in [0, 0.1) is 0 Å². The van der Waals surface area contributed by atoms with Gasteiger partial charge in [-0.3, -0.25) is 9.67 Å². The van der Waals surface area contributed by atoms with Crippen LogP contribution < -0.4 is 5.32 Å². The summed E-state index contributed by atoms with van der Waals surface area (Å²) >= 11 is 0. The molecule has 0 atom stereocenters. The fraction of sp³-hybridized carbons (Fsp3) is 0.143. The number of aryl methyl sites for hydroxylation is 1. The lowest BCUT2D eigenvalue weighted by Crippen LogP contribution is -1.98. The summed E-state index contributed by atoms with van der Waals surface area (Å²) in [5, 5.41) is 8.64. The molecule has 90 valence electrons. The zero-order valence-corrected chi connectivity index (χ0v) is 10.2. The molecule has 0 spiro atoms. The number of rotatable bonds is 3. The van der Waals surface area contributed by atoms with Gasteiger partial charge in [0.1, 0.15) is 0 Å². The maximum absolute atomic E-state index is 4.42. The lowest BCUT2D eigenvalue weighted by atomic mass is 10.2. The first kappa shape index (κ1) is 10.8. The molecule has 0 unspecified atom stereocenters. The minimum Gasteiger partial charge on any atom is -0.380 e. The second-order valence-electron chi connectivity index (χ2n) is 4.29. The van der Waals surface area contributed by atoms with Crippen molar-refractivity contribution in [2.24, 2.45) is 7.05 Å². The van der Waals surface area contributed by atoms with E-state index in [1.165, 1.54) is 0 Å². The largest absolute Gasteiger partial charge is 0.380 e. The average molecular weight is 238 g/mol. The Bertz CT molecular complexity index is 672. The van der Waals surface area contributed by atoms with Gasteiger partial charge in [0.05, 0.1) is 23.6 Å². The monoisotopic (exact) mass is 238 g/mol. The molecule has 0 amide bonds. The molecule has 0 aliphatic carbocycles. The summed E-state index contributed by atoms with van der Waals surface area (Å²) in [6, 6.07) is 10.2. The maximum atomic E-state index is 4.42. The van der Waals surface area contributed by atoms with E-state index in [0.717, 1.165) is 28.7 Å². The van der Waals surface area contributed by atoms with Crippen LogP contribution >= 0.6 is 0 Å². The Morgan fingerprint density at radius 1 is 1.22 bits per heavy atom. The SMILES string of the molecule is Cn1cc(CNc2cnc3ccccc3c2)cn1. The number of nitrogens with zero attached hydrogens (tertiary/aromatic N) is 3. The van der Waals surface area contributed by atoms with E-state index in [-0.39, 0.29) is 0 Å². The Morgan fingerprint density at radius 2 is 2.11 bits per heavy atom. The van der Waals surface area contributed by atoms with E-state index in [0.29, 0.717) is 0 Å². The van der Waals surface area contributed by atoms with Crippen molar-refractivity contribution >= 4 is 16.6 Å². The highest BCUT2D eigenvalue weighted by molar-refractivity contribution is 5.81. The van der Waals surface area contributed by atoms with Crippen LogP contribution in [0.25, 0.3) is 10.9 Å². The minimum absolute atomic E-state index is 0.758. The highest BCUT2D eigenvalue weighted by atomic mass is 15.2. The Morgan fingerprint density at radius 3 is 2.94 bits per heavy atom. The van der Waals surface area contributed by atoms with E-state index in [4.69, 9.17) is 0 Å². The number of nitrogens with one attached hydrogen (secondary N) is 1. The van der Waals surface area contributed by atoms with Crippen molar-refractivity contribution in [3.63, 3.8) is 0 Å². The molecule has 0 bridgehead atoms. The van der Waals surface area contributed by atoms with Gasteiger partial charge in [0.25, 0.3) is 0 Å². The summed E-state index contributed by atoms with van der Waals surface area (Å²) in [6.45, 7) is 0.758. The quantitative estimate of drug-likeness (QED) is 0.762. The van der Waals surface area contributed by atoms with Gasteiger partial charge in [0, 0.05) is 30.7 Å². The summed E-state index contributed by atoms with van der Waals surface area (Å²) in [5.41, 5.74) is 3.20. The molecular formula is C14H14N4. The van der Waals surface area contributed by atoms with Crippen LogP contribution in [0.3, 0.4) is 0 Å². The van der Waals surface area contributed by atoms with Gasteiger partial charge in [-0.15, -0.1) is 0 Å². The number of pyridine rings is 1. The van der Waals surface area contributed by atoms with E-state index in [1.807, 2.05) is 43.8 Å². The summed E-state index contributed by atoms with van der Waals surface area (Å²) in [7, 11) is 1.92. The summed E-state index contributed by atoms with van der Waals surface area (Å²) in [6.07, 6.45) is 5.72.